The number of ether oxygens (including phenoxy) is 1. The summed E-state index contributed by atoms with van der Waals surface area (Å²) in [6.07, 6.45) is 8.14. The summed E-state index contributed by atoms with van der Waals surface area (Å²) in [4.78, 5) is 12.3. The fraction of sp³-hybridized carbons (Fsp3) is 0.500. The zero-order valence-corrected chi connectivity index (χ0v) is 14.1. The van der Waals surface area contributed by atoms with Crippen LogP contribution < -0.4 is 10.1 Å². The number of halogens is 1. The van der Waals surface area contributed by atoms with Crippen molar-refractivity contribution in [2.45, 2.75) is 51.6 Å². The van der Waals surface area contributed by atoms with Gasteiger partial charge in [-0.15, -0.1) is 0 Å². The smallest absolute Gasteiger partial charge is 0.263 e. The van der Waals surface area contributed by atoms with E-state index < -0.39 is 5.60 Å². The third kappa shape index (κ3) is 5.06. The SMILES string of the molecule is CC(C)(Oc1ccc(Cl)cc1)C(=O)NCCC1=CCCCC1. The third-order valence-corrected chi connectivity index (χ3v) is 4.10. The maximum absolute atomic E-state index is 12.3. The lowest BCUT2D eigenvalue weighted by Crippen LogP contribution is -2.46. The Morgan fingerprint density at radius 2 is 2.00 bits per heavy atom. The highest BCUT2D eigenvalue weighted by atomic mass is 35.5. The van der Waals surface area contributed by atoms with Crippen molar-refractivity contribution >= 4 is 17.5 Å². The second-order valence-electron chi connectivity index (χ2n) is 6.18. The second-order valence-corrected chi connectivity index (χ2v) is 6.62. The van der Waals surface area contributed by atoms with Crippen molar-refractivity contribution in [2.75, 3.05) is 6.54 Å². The zero-order chi connectivity index (χ0) is 16.0. The number of hydrogen-bond acceptors (Lipinski definition) is 2. The quantitative estimate of drug-likeness (QED) is 0.783. The molecule has 3 nitrogen and oxygen atoms in total. The Labute approximate surface area is 137 Å². The van der Waals surface area contributed by atoms with Crippen LogP contribution in [0.5, 0.6) is 5.75 Å². The highest BCUT2D eigenvalue weighted by molar-refractivity contribution is 6.30. The molecule has 22 heavy (non-hydrogen) atoms. The van der Waals surface area contributed by atoms with E-state index in [1.165, 1.54) is 31.3 Å². The van der Waals surface area contributed by atoms with E-state index in [0.29, 0.717) is 17.3 Å². The number of benzene rings is 1. The third-order valence-electron chi connectivity index (χ3n) is 3.85. The van der Waals surface area contributed by atoms with E-state index in [9.17, 15) is 4.79 Å². The van der Waals surface area contributed by atoms with Crippen molar-refractivity contribution in [2.24, 2.45) is 0 Å². The van der Waals surface area contributed by atoms with Crippen molar-refractivity contribution < 1.29 is 9.53 Å². The summed E-state index contributed by atoms with van der Waals surface area (Å²) in [5, 5.41) is 3.62. The summed E-state index contributed by atoms with van der Waals surface area (Å²) in [5.41, 5.74) is 0.553. The summed E-state index contributed by atoms with van der Waals surface area (Å²) in [7, 11) is 0. The van der Waals surface area contributed by atoms with E-state index in [1.54, 1.807) is 38.1 Å². The number of hydrogen-bond donors (Lipinski definition) is 1. The van der Waals surface area contributed by atoms with Crippen LogP contribution in [0.4, 0.5) is 0 Å². The minimum atomic E-state index is -0.908. The number of rotatable bonds is 6. The predicted molar refractivity (Wildman–Crippen MR) is 90.3 cm³/mol. The number of carbonyl (C=O) groups excluding carboxylic acids is 1. The summed E-state index contributed by atoms with van der Waals surface area (Å²) in [6, 6.07) is 7.04. The van der Waals surface area contributed by atoms with Gasteiger partial charge >= 0.3 is 0 Å². The average Bonchev–Trinajstić information content (AvgIpc) is 2.50. The Morgan fingerprint density at radius 1 is 1.27 bits per heavy atom. The minimum Gasteiger partial charge on any atom is -0.478 e. The molecule has 4 heteroatoms. The van der Waals surface area contributed by atoms with Gasteiger partial charge in [-0.25, -0.2) is 0 Å². The van der Waals surface area contributed by atoms with E-state index in [0.717, 1.165) is 6.42 Å². The van der Waals surface area contributed by atoms with Crippen LogP contribution in [0, 0.1) is 0 Å². The molecule has 0 bridgehead atoms. The first-order valence-corrected chi connectivity index (χ1v) is 8.26. The first kappa shape index (κ1) is 16.9. The van der Waals surface area contributed by atoms with Gasteiger partial charge in [0.05, 0.1) is 0 Å². The molecular weight excluding hydrogens is 298 g/mol. The highest BCUT2D eigenvalue weighted by Gasteiger charge is 2.29. The van der Waals surface area contributed by atoms with Gasteiger partial charge in [0.15, 0.2) is 5.60 Å². The second kappa shape index (κ2) is 7.68. The number of carbonyl (C=O) groups is 1. The molecular formula is C18H24ClNO2. The van der Waals surface area contributed by atoms with Crippen LogP contribution >= 0.6 is 11.6 Å². The van der Waals surface area contributed by atoms with E-state index in [2.05, 4.69) is 11.4 Å². The molecule has 0 unspecified atom stereocenters. The zero-order valence-electron chi connectivity index (χ0n) is 13.3. The maximum Gasteiger partial charge on any atom is 0.263 e. The Morgan fingerprint density at radius 3 is 2.64 bits per heavy atom. The van der Waals surface area contributed by atoms with E-state index >= 15 is 0 Å². The molecule has 1 aliphatic rings. The van der Waals surface area contributed by atoms with Crippen LogP contribution in [0.3, 0.4) is 0 Å². The molecule has 1 amide bonds. The molecule has 2 rings (SSSR count). The molecule has 0 saturated heterocycles. The van der Waals surface area contributed by atoms with Gasteiger partial charge in [-0.2, -0.15) is 0 Å². The van der Waals surface area contributed by atoms with Crippen LogP contribution in [-0.4, -0.2) is 18.1 Å². The van der Waals surface area contributed by atoms with E-state index in [-0.39, 0.29) is 5.91 Å². The molecule has 0 spiro atoms. The number of nitrogens with one attached hydrogen (secondary N) is 1. The fourth-order valence-corrected chi connectivity index (χ4v) is 2.65. The Hall–Kier alpha value is -1.48. The van der Waals surface area contributed by atoms with E-state index in [1.807, 2.05) is 0 Å². The Kier molecular flexibility index (Phi) is 5.90. The molecule has 1 aliphatic carbocycles. The van der Waals surface area contributed by atoms with Gasteiger partial charge < -0.3 is 10.1 Å². The predicted octanol–water partition coefficient (Wildman–Crippen LogP) is 4.50. The Bertz CT molecular complexity index is 535. The van der Waals surface area contributed by atoms with Gasteiger partial charge in [0.2, 0.25) is 0 Å². The van der Waals surface area contributed by atoms with Crippen molar-refractivity contribution in [1.29, 1.82) is 0 Å². The highest BCUT2D eigenvalue weighted by Crippen LogP contribution is 2.22. The molecule has 0 radical (unpaired) electrons. The molecule has 0 heterocycles. The molecule has 0 fully saturated rings. The molecule has 0 aliphatic heterocycles. The molecule has 1 aromatic rings. The topological polar surface area (TPSA) is 38.3 Å². The number of allylic oxidation sites excluding steroid dienone is 1. The van der Waals surface area contributed by atoms with Crippen molar-refractivity contribution in [1.82, 2.24) is 5.32 Å². The molecule has 1 N–H and O–H groups in total. The van der Waals surface area contributed by atoms with Gasteiger partial charge in [0.25, 0.3) is 5.91 Å². The number of amides is 1. The fourth-order valence-electron chi connectivity index (χ4n) is 2.52. The average molecular weight is 322 g/mol. The first-order valence-electron chi connectivity index (χ1n) is 7.88. The normalized spacial score (nSPS) is 15.1. The largest absolute Gasteiger partial charge is 0.478 e. The molecule has 0 atom stereocenters. The van der Waals surface area contributed by atoms with Crippen molar-refractivity contribution in [3.05, 3.63) is 40.9 Å². The minimum absolute atomic E-state index is 0.0983. The summed E-state index contributed by atoms with van der Waals surface area (Å²) >= 11 is 5.85. The van der Waals surface area contributed by atoms with Crippen LogP contribution in [0.25, 0.3) is 0 Å². The van der Waals surface area contributed by atoms with Crippen LogP contribution in [-0.2, 0) is 4.79 Å². The van der Waals surface area contributed by atoms with Crippen molar-refractivity contribution in [3.63, 3.8) is 0 Å². The summed E-state index contributed by atoms with van der Waals surface area (Å²) < 4.78 is 5.78. The van der Waals surface area contributed by atoms with Gasteiger partial charge in [0.1, 0.15) is 5.75 Å². The summed E-state index contributed by atoms with van der Waals surface area (Å²) in [5.74, 6) is 0.540. The lowest BCUT2D eigenvalue weighted by Gasteiger charge is -2.25. The van der Waals surface area contributed by atoms with Gasteiger partial charge in [-0.05, 0) is 70.2 Å². The lowest BCUT2D eigenvalue weighted by atomic mass is 9.97. The van der Waals surface area contributed by atoms with E-state index in [4.69, 9.17) is 16.3 Å². The molecule has 0 saturated carbocycles. The standard InChI is InChI=1S/C18H24ClNO2/c1-18(2,22-16-10-8-15(19)9-11-16)17(21)20-13-12-14-6-4-3-5-7-14/h6,8-11H,3-5,7,12-13H2,1-2H3,(H,20,21). The van der Waals surface area contributed by atoms with Gasteiger partial charge in [0, 0.05) is 11.6 Å². The monoisotopic (exact) mass is 321 g/mol. The maximum atomic E-state index is 12.3. The Balaban J connectivity index is 1.81. The molecule has 120 valence electrons. The molecule has 0 aromatic heterocycles. The lowest BCUT2D eigenvalue weighted by molar-refractivity contribution is -0.134. The van der Waals surface area contributed by atoms with Crippen LogP contribution in [0.1, 0.15) is 46.0 Å². The molecule has 1 aromatic carbocycles. The van der Waals surface area contributed by atoms with Gasteiger partial charge in [-0.1, -0.05) is 23.3 Å². The van der Waals surface area contributed by atoms with Crippen LogP contribution in [0.15, 0.2) is 35.9 Å². The van der Waals surface area contributed by atoms with Crippen LogP contribution in [0.2, 0.25) is 5.02 Å². The van der Waals surface area contributed by atoms with Crippen molar-refractivity contribution in [3.8, 4) is 5.75 Å². The first-order chi connectivity index (χ1) is 10.5. The summed E-state index contributed by atoms with van der Waals surface area (Å²) in [6.45, 7) is 4.21. The van der Waals surface area contributed by atoms with Gasteiger partial charge in [-0.3, -0.25) is 4.79 Å².